The molecule has 1 fully saturated rings. The van der Waals surface area contributed by atoms with E-state index < -0.39 is 10.0 Å². The Morgan fingerprint density at radius 2 is 1.94 bits per heavy atom. The van der Waals surface area contributed by atoms with Crippen LogP contribution in [0.1, 0.15) is 33.1 Å². The summed E-state index contributed by atoms with van der Waals surface area (Å²) in [5.74, 6) is 0.0227. The highest BCUT2D eigenvalue weighted by Crippen LogP contribution is 2.19. The van der Waals surface area contributed by atoms with E-state index in [1.54, 1.807) is 0 Å². The first-order valence-electron chi connectivity index (χ1n) is 6.10. The first-order valence-corrected chi connectivity index (χ1v) is 7.95. The second-order valence-electron chi connectivity index (χ2n) is 4.75. The Morgan fingerprint density at radius 3 is 2.35 bits per heavy atom. The number of piperidine rings is 1. The van der Waals surface area contributed by atoms with Crippen LogP contribution in [0.5, 0.6) is 0 Å². The Balaban J connectivity index is 2.44. The lowest BCUT2D eigenvalue weighted by atomic mass is 9.97. The van der Waals surface area contributed by atoms with Crippen molar-refractivity contribution in [1.82, 2.24) is 9.62 Å². The molecule has 0 spiro atoms. The number of hydrogen-bond donors (Lipinski definition) is 1. The van der Waals surface area contributed by atoms with Crippen LogP contribution >= 0.6 is 0 Å². The Bertz CT molecular complexity index is 359. The smallest absolute Gasteiger partial charge is 0.223 e. The third-order valence-electron chi connectivity index (χ3n) is 3.29. The lowest BCUT2D eigenvalue weighted by molar-refractivity contribution is -0.126. The van der Waals surface area contributed by atoms with Crippen LogP contribution in [-0.2, 0) is 14.8 Å². The van der Waals surface area contributed by atoms with E-state index in [9.17, 15) is 13.2 Å². The van der Waals surface area contributed by atoms with E-state index in [-0.39, 0.29) is 17.9 Å². The number of nitrogens with zero attached hydrogens (tertiary/aromatic N) is 1. The number of carbonyl (C=O) groups is 1. The zero-order chi connectivity index (χ0) is 13.1. The highest BCUT2D eigenvalue weighted by atomic mass is 32.2. The van der Waals surface area contributed by atoms with Crippen molar-refractivity contribution >= 4 is 15.9 Å². The molecule has 5 nitrogen and oxygen atoms in total. The summed E-state index contributed by atoms with van der Waals surface area (Å²) in [5.41, 5.74) is 0. The standard InChI is InChI=1S/C11H22N2O3S/c1-4-9(2)12-11(14)10-5-7-13(8-6-10)17(3,15)16/h9-10H,4-8H2,1-3H3,(H,12,14)/t9-/m1/s1. The second kappa shape index (κ2) is 5.82. The first-order chi connectivity index (χ1) is 7.84. The van der Waals surface area contributed by atoms with E-state index >= 15 is 0 Å². The Hall–Kier alpha value is -0.620. The van der Waals surface area contributed by atoms with Crippen LogP contribution in [0.3, 0.4) is 0 Å². The minimum absolute atomic E-state index is 0.0398. The number of rotatable bonds is 4. The van der Waals surface area contributed by atoms with Gasteiger partial charge in [-0.2, -0.15) is 0 Å². The molecule has 0 aromatic heterocycles. The van der Waals surface area contributed by atoms with Crippen molar-refractivity contribution < 1.29 is 13.2 Å². The van der Waals surface area contributed by atoms with E-state index in [1.807, 2.05) is 13.8 Å². The van der Waals surface area contributed by atoms with Gasteiger partial charge in [0.2, 0.25) is 15.9 Å². The molecule has 1 N–H and O–H groups in total. The maximum atomic E-state index is 11.8. The summed E-state index contributed by atoms with van der Waals surface area (Å²) < 4.78 is 24.1. The number of nitrogens with one attached hydrogen (secondary N) is 1. The molecule has 0 aliphatic carbocycles. The minimum Gasteiger partial charge on any atom is -0.353 e. The molecule has 0 aromatic rings. The molecule has 1 aliphatic rings. The maximum Gasteiger partial charge on any atom is 0.223 e. The predicted octanol–water partition coefficient (Wildman–Crippen LogP) is 0.573. The van der Waals surface area contributed by atoms with Crippen LogP contribution in [0, 0.1) is 5.92 Å². The highest BCUT2D eigenvalue weighted by molar-refractivity contribution is 7.88. The second-order valence-corrected chi connectivity index (χ2v) is 6.74. The predicted molar refractivity (Wildman–Crippen MR) is 67.0 cm³/mol. The lowest BCUT2D eigenvalue weighted by Crippen LogP contribution is -2.44. The maximum absolute atomic E-state index is 11.8. The number of amides is 1. The average molecular weight is 262 g/mol. The molecule has 0 radical (unpaired) electrons. The molecule has 17 heavy (non-hydrogen) atoms. The van der Waals surface area contributed by atoms with Crippen molar-refractivity contribution in [3.05, 3.63) is 0 Å². The highest BCUT2D eigenvalue weighted by Gasteiger charge is 2.29. The monoisotopic (exact) mass is 262 g/mol. The largest absolute Gasteiger partial charge is 0.353 e. The Morgan fingerprint density at radius 1 is 1.41 bits per heavy atom. The van der Waals surface area contributed by atoms with Crippen molar-refractivity contribution in [1.29, 1.82) is 0 Å². The van der Waals surface area contributed by atoms with E-state index in [2.05, 4.69) is 5.32 Å². The van der Waals surface area contributed by atoms with Gasteiger partial charge in [-0.1, -0.05) is 6.92 Å². The molecule has 1 saturated heterocycles. The van der Waals surface area contributed by atoms with Gasteiger partial charge in [-0.15, -0.1) is 0 Å². The van der Waals surface area contributed by atoms with Gasteiger partial charge >= 0.3 is 0 Å². The van der Waals surface area contributed by atoms with Gasteiger partial charge in [0.1, 0.15) is 0 Å². The fraction of sp³-hybridized carbons (Fsp3) is 0.909. The van der Waals surface area contributed by atoms with Gasteiger partial charge in [0.15, 0.2) is 0 Å². The summed E-state index contributed by atoms with van der Waals surface area (Å²) in [6.07, 6.45) is 3.37. The van der Waals surface area contributed by atoms with Crippen LogP contribution in [0.25, 0.3) is 0 Å². The van der Waals surface area contributed by atoms with Crippen LogP contribution < -0.4 is 5.32 Å². The molecular formula is C11H22N2O3S. The summed E-state index contributed by atoms with van der Waals surface area (Å²) in [5, 5.41) is 2.95. The molecule has 0 saturated carbocycles. The molecule has 100 valence electrons. The molecular weight excluding hydrogens is 240 g/mol. The topological polar surface area (TPSA) is 66.5 Å². The molecule has 1 aliphatic heterocycles. The van der Waals surface area contributed by atoms with Crippen molar-refractivity contribution in [2.75, 3.05) is 19.3 Å². The average Bonchev–Trinajstić information content (AvgIpc) is 2.27. The van der Waals surface area contributed by atoms with E-state index in [0.717, 1.165) is 6.42 Å². The van der Waals surface area contributed by atoms with Crippen LogP contribution in [-0.4, -0.2) is 44.0 Å². The summed E-state index contributed by atoms with van der Waals surface area (Å²) >= 11 is 0. The summed E-state index contributed by atoms with van der Waals surface area (Å²) in [6.45, 7) is 4.91. The Labute approximate surface area is 104 Å². The summed E-state index contributed by atoms with van der Waals surface area (Å²) in [4.78, 5) is 11.8. The third kappa shape index (κ3) is 4.27. The normalized spacial score (nSPS) is 21.1. The zero-order valence-electron chi connectivity index (χ0n) is 10.8. The van der Waals surface area contributed by atoms with Crippen molar-refractivity contribution in [2.24, 2.45) is 5.92 Å². The van der Waals surface area contributed by atoms with Crippen LogP contribution in [0.2, 0.25) is 0 Å². The molecule has 6 heteroatoms. The fourth-order valence-corrected chi connectivity index (χ4v) is 2.79. The quantitative estimate of drug-likeness (QED) is 0.805. The van der Waals surface area contributed by atoms with Gasteiger partial charge in [-0.25, -0.2) is 12.7 Å². The third-order valence-corrected chi connectivity index (χ3v) is 4.60. The van der Waals surface area contributed by atoms with Crippen LogP contribution in [0.15, 0.2) is 0 Å². The molecule has 0 aromatic carbocycles. The van der Waals surface area contributed by atoms with Gasteiger partial charge in [-0.3, -0.25) is 4.79 Å². The number of hydrogen-bond acceptors (Lipinski definition) is 3. The van der Waals surface area contributed by atoms with E-state index in [4.69, 9.17) is 0 Å². The van der Waals surface area contributed by atoms with Gasteiger partial charge < -0.3 is 5.32 Å². The molecule has 1 amide bonds. The molecule has 1 heterocycles. The number of sulfonamides is 1. The summed E-state index contributed by atoms with van der Waals surface area (Å²) in [6, 6.07) is 0.190. The minimum atomic E-state index is -3.10. The first kappa shape index (κ1) is 14.4. The molecule has 0 unspecified atom stereocenters. The van der Waals surface area contributed by atoms with Crippen LogP contribution in [0.4, 0.5) is 0 Å². The van der Waals surface area contributed by atoms with Crippen molar-refractivity contribution in [3.8, 4) is 0 Å². The zero-order valence-corrected chi connectivity index (χ0v) is 11.6. The van der Waals surface area contributed by atoms with Gasteiger partial charge in [0.25, 0.3) is 0 Å². The Kier molecular flexibility index (Phi) is 4.94. The molecule has 0 bridgehead atoms. The number of carbonyl (C=O) groups excluding carboxylic acids is 1. The van der Waals surface area contributed by atoms with E-state index in [0.29, 0.717) is 25.9 Å². The van der Waals surface area contributed by atoms with Gasteiger partial charge in [-0.05, 0) is 26.2 Å². The van der Waals surface area contributed by atoms with E-state index in [1.165, 1.54) is 10.6 Å². The van der Waals surface area contributed by atoms with Gasteiger partial charge in [0.05, 0.1) is 6.26 Å². The molecule has 1 rings (SSSR count). The van der Waals surface area contributed by atoms with Crippen molar-refractivity contribution in [3.63, 3.8) is 0 Å². The fourth-order valence-electron chi connectivity index (χ4n) is 1.91. The van der Waals surface area contributed by atoms with Gasteiger partial charge in [0, 0.05) is 25.0 Å². The SMILES string of the molecule is CC[C@@H](C)NC(=O)C1CCN(S(C)(=O)=O)CC1. The van der Waals surface area contributed by atoms with Crippen molar-refractivity contribution in [2.45, 2.75) is 39.2 Å². The molecule has 1 atom stereocenters. The lowest BCUT2D eigenvalue weighted by Gasteiger charge is -2.30. The summed E-state index contributed by atoms with van der Waals surface area (Å²) in [7, 11) is -3.10.